The topological polar surface area (TPSA) is 64.1 Å². The molecular weight excluding hydrogens is 226 g/mol. The second-order valence-corrected chi connectivity index (χ2v) is 4.00. The van der Waals surface area contributed by atoms with Crippen LogP contribution in [-0.4, -0.2) is 14.9 Å². The zero-order valence-electron chi connectivity index (χ0n) is 8.55. The first-order valence-electron chi connectivity index (χ1n) is 4.86. The lowest BCUT2D eigenvalue weighted by molar-refractivity contribution is 0.151. The summed E-state index contributed by atoms with van der Waals surface area (Å²) in [7, 11) is 0. The third-order valence-electron chi connectivity index (χ3n) is 2.28. The highest BCUT2D eigenvalue weighted by Gasteiger charge is 2.08. The van der Waals surface area contributed by atoms with Crippen molar-refractivity contribution in [3.8, 4) is 0 Å². The van der Waals surface area contributed by atoms with Crippen molar-refractivity contribution in [2.75, 3.05) is 5.73 Å². The summed E-state index contributed by atoms with van der Waals surface area (Å²) < 4.78 is 1.60. The molecule has 1 heterocycles. The van der Waals surface area contributed by atoms with Gasteiger partial charge < -0.3 is 10.8 Å². The third kappa shape index (κ3) is 2.53. The third-order valence-corrected chi connectivity index (χ3v) is 2.48. The van der Waals surface area contributed by atoms with Crippen LogP contribution in [0.1, 0.15) is 11.7 Å². The van der Waals surface area contributed by atoms with Gasteiger partial charge in [0.2, 0.25) is 0 Å². The first kappa shape index (κ1) is 11.0. The number of nitrogens with two attached hydrogens (primary N) is 1. The van der Waals surface area contributed by atoms with Gasteiger partial charge in [0.25, 0.3) is 0 Å². The molecule has 1 aromatic heterocycles. The first-order chi connectivity index (χ1) is 7.65. The number of aliphatic hydroxyl groups excluding tert-OH is 1. The Morgan fingerprint density at radius 3 is 2.62 bits per heavy atom. The molecule has 0 aliphatic rings. The lowest BCUT2D eigenvalue weighted by Crippen LogP contribution is -2.09. The summed E-state index contributed by atoms with van der Waals surface area (Å²) in [6.07, 6.45) is 2.59. The van der Waals surface area contributed by atoms with E-state index in [0.717, 1.165) is 5.56 Å². The fourth-order valence-electron chi connectivity index (χ4n) is 1.44. The van der Waals surface area contributed by atoms with Gasteiger partial charge in [0.1, 0.15) is 0 Å². The van der Waals surface area contributed by atoms with Crippen molar-refractivity contribution < 1.29 is 5.11 Å². The van der Waals surface area contributed by atoms with Crippen LogP contribution in [-0.2, 0) is 6.54 Å². The van der Waals surface area contributed by atoms with Gasteiger partial charge in [-0.1, -0.05) is 23.7 Å². The minimum Gasteiger partial charge on any atom is -0.399 e. The van der Waals surface area contributed by atoms with E-state index in [0.29, 0.717) is 17.3 Å². The lowest BCUT2D eigenvalue weighted by Gasteiger charge is -2.11. The molecule has 0 bridgehead atoms. The van der Waals surface area contributed by atoms with E-state index in [9.17, 15) is 5.11 Å². The van der Waals surface area contributed by atoms with Gasteiger partial charge in [-0.25, -0.2) is 0 Å². The molecule has 0 spiro atoms. The predicted octanol–water partition coefficient (Wildman–Crippen LogP) is 1.85. The van der Waals surface area contributed by atoms with Gasteiger partial charge in [-0.15, -0.1) is 0 Å². The van der Waals surface area contributed by atoms with E-state index < -0.39 is 6.10 Å². The Morgan fingerprint density at radius 1 is 1.38 bits per heavy atom. The monoisotopic (exact) mass is 237 g/mol. The van der Waals surface area contributed by atoms with Crippen LogP contribution in [0.2, 0.25) is 5.02 Å². The molecule has 0 radical (unpaired) electrons. The van der Waals surface area contributed by atoms with Gasteiger partial charge in [-0.3, -0.25) is 4.68 Å². The Balaban J connectivity index is 2.08. The van der Waals surface area contributed by atoms with E-state index in [4.69, 9.17) is 17.3 Å². The average Bonchev–Trinajstić information content (AvgIpc) is 2.65. The van der Waals surface area contributed by atoms with Crippen molar-refractivity contribution in [1.82, 2.24) is 9.78 Å². The van der Waals surface area contributed by atoms with Gasteiger partial charge in [0.05, 0.1) is 23.9 Å². The highest BCUT2D eigenvalue weighted by molar-refractivity contribution is 6.30. The molecule has 16 heavy (non-hydrogen) atoms. The highest BCUT2D eigenvalue weighted by Crippen LogP contribution is 2.17. The molecule has 1 atom stereocenters. The van der Waals surface area contributed by atoms with Crippen LogP contribution in [0, 0.1) is 0 Å². The highest BCUT2D eigenvalue weighted by atomic mass is 35.5. The minimum absolute atomic E-state index is 0.372. The number of hydrogen-bond acceptors (Lipinski definition) is 3. The molecule has 0 saturated heterocycles. The summed E-state index contributed by atoms with van der Waals surface area (Å²) in [5, 5.41) is 14.5. The fourth-order valence-corrected chi connectivity index (χ4v) is 1.60. The van der Waals surface area contributed by atoms with Crippen LogP contribution in [0.4, 0.5) is 5.69 Å². The van der Waals surface area contributed by atoms with Crippen molar-refractivity contribution in [1.29, 1.82) is 0 Å². The van der Waals surface area contributed by atoms with Gasteiger partial charge in [-0.05, 0) is 17.7 Å². The quantitative estimate of drug-likeness (QED) is 0.801. The number of aliphatic hydroxyl groups is 1. The van der Waals surface area contributed by atoms with Crippen molar-refractivity contribution in [2.45, 2.75) is 12.6 Å². The number of anilines is 1. The van der Waals surface area contributed by atoms with Crippen LogP contribution in [0.3, 0.4) is 0 Å². The number of halogens is 1. The molecule has 0 aliphatic carbocycles. The minimum atomic E-state index is -0.614. The molecule has 2 rings (SSSR count). The van der Waals surface area contributed by atoms with Gasteiger partial charge >= 0.3 is 0 Å². The van der Waals surface area contributed by atoms with Crippen molar-refractivity contribution in [3.63, 3.8) is 0 Å². The number of nitrogens with zero attached hydrogens (tertiary/aromatic N) is 2. The SMILES string of the molecule is Nc1ccc(C(O)Cn2cc(Cl)cn2)cc1. The van der Waals surface area contributed by atoms with Crippen LogP contribution in [0.25, 0.3) is 0 Å². The van der Waals surface area contributed by atoms with Gasteiger partial charge in [-0.2, -0.15) is 5.10 Å². The van der Waals surface area contributed by atoms with Crippen LogP contribution in [0.15, 0.2) is 36.7 Å². The Bertz CT molecular complexity index is 466. The summed E-state index contributed by atoms with van der Waals surface area (Å²) in [5.41, 5.74) is 7.05. The van der Waals surface area contributed by atoms with E-state index in [2.05, 4.69) is 5.10 Å². The molecule has 84 valence electrons. The number of nitrogen functional groups attached to an aromatic ring is 1. The maximum atomic E-state index is 9.93. The Morgan fingerprint density at radius 2 is 2.06 bits per heavy atom. The Hall–Kier alpha value is -1.52. The number of benzene rings is 1. The number of hydrogen-bond donors (Lipinski definition) is 2. The van der Waals surface area contributed by atoms with Crippen molar-refractivity contribution in [3.05, 3.63) is 47.2 Å². The number of rotatable bonds is 3. The molecule has 0 saturated carbocycles. The molecule has 4 nitrogen and oxygen atoms in total. The molecule has 2 aromatic rings. The van der Waals surface area contributed by atoms with Crippen LogP contribution in [0.5, 0.6) is 0 Å². The summed E-state index contributed by atoms with van der Waals surface area (Å²) >= 11 is 5.73. The maximum Gasteiger partial charge on any atom is 0.0985 e. The van der Waals surface area contributed by atoms with Crippen LogP contribution >= 0.6 is 11.6 Å². The maximum absolute atomic E-state index is 9.93. The molecule has 0 fully saturated rings. The van der Waals surface area contributed by atoms with E-state index in [1.807, 2.05) is 0 Å². The van der Waals surface area contributed by atoms with Gasteiger partial charge in [0, 0.05) is 11.9 Å². The second kappa shape index (κ2) is 4.55. The lowest BCUT2D eigenvalue weighted by atomic mass is 10.1. The summed E-state index contributed by atoms with van der Waals surface area (Å²) in [6.45, 7) is 0.372. The van der Waals surface area contributed by atoms with E-state index in [-0.39, 0.29) is 0 Å². The molecule has 1 unspecified atom stereocenters. The Labute approximate surface area is 98.3 Å². The predicted molar refractivity (Wildman–Crippen MR) is 63.1 cm³/mol. The smallest absolute Gasteiger partial charge is 0.0985 e. The zero-order valence-corrected chi connectivity index (χ0v) is 9.30. The Kier molecular flexibility index (Phi) is 3.12. The molecule has 0 amide bonds. The molecule has 5 heteroatoms. The first-order valence-corrected chi connectivity index (χ1v) is 5.24. The van der Waals surface area contributed by atoms with E-state index in [1.165, 1.54) is 6.20 Å². The standard InChI is InChI=1S/C11H12ClN3O/c12-9-5-14-15(6-9)7-11(16)8-1-3-10(13)4-2-8/h1-6,11,16H,7,13H2. The largest absolute Gasteiger partial charge is 0.399 e. The second-order valence-electron chi connectivity index (χ2n) is 3.56. The summed E-state index contributed by atoms with van der Waals surface area (Å²) in [6, 6.07) is 7.11. The van der Waals surface area contributed by atoms with Crippen LogP contribution < -0.4 is 5.73 Å². The zero-order chi connectivity index (χ0) is 11.5. The summed E-state index contributed by atoms with van der Waals surface area (Å²) in [5.74, 6) is 0. The van der Waals surface area contributed by atoms with Gasteiger partial charge in [0.15, 0.2) is 0 Å². The fraction of sp³-hybridized carbons (Fsp3) is 0.182. The molecule has 1 aromatic carbocycles. The van der Waals surface area contributed by atoms with E-state index >= 15 is 0 Å². The van der Waals surface area contributed by atoms with E-state index in [1.54, 1.807) is 35.1 Å². The molecule has 0 aliphatic heterocycles. The average molecular weight is 238 g/mol. The normalized spacial score (nSPS) is 12.6. The summed E-state index contributed by atoms with van der Waals surface area (Å²) in [4.78, 5) is 0. The molecular formula is C11H12ClN3O. The van der Waals surface area contributed by atoms with Crippen molar-refractivity contribution in [2.24, 2.45) is 0 Å². The molecule has 3 N–H and O–H groups in total. The number of aromatic nitrogens is 2. The van der Waals surface area contributed by atoms with Crippen molar-refractivity contribution >= 4 is 17.3 Å².